The molecule has 2 unspecified atom stereocenters. The first-order chi connectivity index (χ1) is 8.97. The molecular weight excluding hydrogens is 322 g/mol. The smallest absolute Gasteiger partial charge is 0.106 e. The molecule has 2 rings (SSSR count). The second kappa shape index (κ2) is 6.20. The highest BCUT2D eigenvalue weighted by molar-refractivity contribution is 9.10. The van der Waals surface area contributed by atoms with Crippen LogP contribution in [0.5, 0.6) is 0 Å². The zero-order valence-electron chi connectivity index (χ0n) is 11.3. The maximum atomic E-state index is 5.79. The molecule has 0 aromatic heterocycles. The average molecular weight is 342 g/mol. The molecule has 19 heavy (non-hydrogen) atoms. The molecule has 1 aromatic rings. The fourth-order valence-corrected chi connectivity index (χ4v) is 3.03. The van der Waals surface area contributed by atoms with E-state index < -0.39 is 0 Å². The third-order valence-corrected chi connectivity index (χ3v) is 4.53. The van der Waals surface area contributed by atoms with Gasteiger partial charge in [-0.05, 0) is 45.0 Å². The fraction of sp³-hybridized carbons (Fsp3) is 0.500. The highest BCUT2D eigenvalue weighted by Crippen LogP contribution is 2.25. The SMILES string of the molecule is CC1CC(Nc2cc(Br)ccc2C(N)=S)CCN1C. The first-order valence-electron chi connectivity index (χ1n) is 6.53. The Kier molecular flexibility index (Phi) is 4.81. The van der Waals surface area contributed by atoms with Crippen LogP contribution in [-0.2, 0) is 0 Å². The van der Waals surface area contributed by atoms with E-state index in [9.17, 15) is 0 Å². The Hall–Kier alpha value is -0.650. The molecule has 0 bridgehead atoms. The van der Waals surface area contributed by atoms with Gasteiger partial charge in [0.25, 0.3) is 0 Å². The summed E-state index contributed by atoms with van der Waals surface area (Å²) < 4.78 is 1.04. The van der Waals surface area contributed by atoms with E-state index in [2.05, 4.69) is 46.2 Å². The van der Waals surface area contributed by atoms with Crippen molar-refractivity contribution in [1.29, 1.82) is 0 Å². The Morgan fingerprint density at radius 2 is 2.26 bits per heavy atom. The predicted octanol–water partition coefficient (Wildman–Crippen LogP) is 2.98. The fourth-order valence-electron chi connectivity index (χ4n) is 2.49. The minimum Gasteiger partial charge on any atom is -0.389 e. The molecule has 1 aliphatic heterocycles. The maximum absolute atomic E-state index is 5.79. The largest absolute Gasteiger partial charge is 0.389 e. The zero-order chi connectivity index (χ0) is 14.0. The lowest BCUT2D eigenvalue weighted by Gasteiger charge is -2.36. The summed E-state index contributed by atoms with van der Waals surface area (Å²) in [4.78, 5) is 2.84. The Balaban J connectivity index is 2.14. The lowest BCUT2D eigenvalue weighted by atomic mass is 9.98. The monoisotopic (exact) mass is 341 g/mol. The van der Waals surface area contributed by atoms with Gasteiger partial charge in [-0.1, -0.05) is 28.1 Å². The molecule has 1 aromatic carbocycles. The van der Waals surface area contributed by atoms with Crippen molar-refractivity contribution in [3.8, 4) is 0 Å². The topological polar surface area (TPSA) is 41.3 Å². The van der Waals surface area contributed by atoms with Crippen LogP contribution in [0.25, 0.3) is 0 Å². The van der Waals surface area contributed by atoms with E-state index in [1.54, 1.807) is 0 Å². The van der Waals surface area contributed by atoms with E-state index in [1.165, 1.54) is 0 Å². The van der Waals surface area contributed by atoms with Crippen LogP contribution in [0.4, 0.5) is 5.69 Å². The van der Waals surface area contributed by atoms with Crippen molar-refractivity contribution in [2.45, 2.75) is 31.8 Å². The highest BCUT2D eigenvalue weighted by Gasteiger charge is 2.23. The van der Waals surface area contributed by atoms with Gasteiger partial charge in [0.2, 0.25) is 0 Å². The van der Waals surface area contributed by atoms with Gasteiger partial charge in [0, 0.05) is 34.4 Å². The molecule has 1 saturated heterocycles. The second-order valence-electron chi connectivity index (χ2n) is 5.25. The number of nitrogens with two attached hydrogens (primary N) is 1. The number of rotatable bonds is 3. The van der Waals surface area contributed by atoms with Gasteiger partial charge in [0.05, 0.1) is 0 Å². The third-order valence-electron chi connectivity index (χ3n) is 3.82. The van der Waals surface area contributed by atoms with Gasteiger partial charge < -0.3 is 16.0 Å². The average Bonchev–Trinajstić information content (AvgIpc) is 2.33. The first kappa shape index (κ1) is 14.8. The number of likely N-dealkylation sites (tertiary alicyclic amines) is 1. The van der Waals surface area contributed by atoms with Crippen molar-refractivity contribution >= 4 is 38.8 Å². The van der Waals surface area contributed by atoms with E-state index in [0.717, 1.165) is 35.1 Å². The summed E-state index contributed by atoms with van der Waals surface area (Å²) in [5, 5.41) is 3.60. The van der Waals surface area contributed by atoms with Gasteiger partial charge >= 0.3 is 0 Å². The van der Waals surface area contributed by atoms with E-state index in [-0.39, 0.29) is 0 Å². The van der Waals surface area contributed by atoms with Crippen LogP contribution in [0, 0.1) is 0 Å². The Morgan fingerprint density at radius 1 is 1.53 bits per heavy atom. The first-order valence-corrected chi connectivity index (χ1v) is 7.73. The van der Waals surface area contributed by atoms with Crippen molar-refractivity contribution in [3.63, 3.8) is 0 Å². The van der Waals surface area contributed by atoms with Gasteiger partial charge in [-0.2, -0.15) is 0 Å². The number of piperidine rings is 1. The van der Waals surface area contributed by atoms with E-state index in [4.69, 9.17) is 18.0 Å². The summed E-state index contributed by atoms with van der Waals surface area (Å²) in [6.45, 7) is 3.39. The quantitative estimate of drug-likeness (QED) is 0.829. The van der Waals surface area contributed by atoms with Gasteiger partial charge in [-0.3, -0.25) is 0 Å². The molecule has 0 amide bonds. The Bertz CT molecular complexity index is 478. The summed E-state index contributed by atoms with van der Waals surface area (Å²) in [6, 6.07) is 7.07. The summed E-state index contributed by atoms with van der Waals surface area (Å²) in [7, 11) is 2.18. The van der Waals surface area contributed by atoms with E-state index >= 15 is 0 Å². The van der Waals surface area contributed by atoms with Crippen molar-refractivity contribution in [2.75, 3.05) is 18.9 Å². The third kappa shape index (κ3) is 3.68. The highest BCUT2D eigenvalue weighted by atomic mass is 79.9. The molecule has 2 atom stereocenters. The van der Waals surface area contributed by atoms with Crippen LogP contribution in [0.1, 0.15) is 25.3 Å². The van der Waals surface area contributed by atoms with Crippen LogP contribution in [0.2, 0.25) is 0 Å². The summed E-state index contributed by atoms with van der Waals surface area (Å²) >= 11 is 8.62. The molecule has 0 saturated carbocycles. The van der Waals surface area contributed by atoms with Crippen LogP contribution in [-0.4, -0.2) is 35.6 Å². The van der Waals surface area contributed by atoms with Crippen molar-refractivity contribution in [2.24, 2.45) is 5.73 Å². The minimum absolute atomic E-state index is 0.441. The number of anilines is 1. The zero-order valence-corrected chi connectivity index (χ0v) is 13.7. The molecule has 3 nitrogen and oxygen atoms in total. The van der Waals surface area contributed by atoms with Crippen LogP contribution >= 0.6 is 28.1 Å². The van der Waals surface area contributed by atoms with Gasteiger partial charge in [0.15, 0.2) is 0 Å². The van der Waals surface area contributed by atoms with Crippen molar-refractivity contribution in [3.05, 3.63) is 28.2 Å². The number of nitrogens with one attached hydrogen (secondary N) is 1. The van der Waals surface area contributed by atoms with E-state index in [0.29, 0.717) is 17.1 Å². The van der Waals surface area contributed by atoms with Gasteiger partial charge in [0.1, 0.15) is 4.99 Å². The van der Waals surface area contributed by atoms with Gasteiger partial charge in [-0.15, -0.1) is 0 Å². The normalized spacial score (nSPS) is 24.2. The molecule has 5 heteroatoms. The molecule has 1 aliphatic rings. The van der Waals surface area contributed by atoms with Crippen LogP contribution in [0.3, 0.4) is 0 Å². The Morgan fingerprint density at radius 3 is 2.89 bits per heavy atom. The van der Waals surface area contributed by atoms with E-state index in [1.807, 2.05) is 12.1 Å². The standard InChI is InChI=1S/C14H20BrN3S/c1-9-7-11(5-6-18(9)2)17-13-8-10(15)3-4-12(13)14(16)19/h3-4,8-9,11,17H,5-7H2,1-2H3,(H2,16,19). The summed E-state index contributed by atoms with van der Waals surface area (Å²) in [5.41, 5.74) is 7.74. The number of nitrogens with zero attached hydrogens (tertiary/aromatic N) is 1. The summed E-state index contributed by atoms with van der Waals surface area (Å²) in [6.07, 6.45) is 2.28. The maximum Gasteiger partial charge on any atom is 0.106 e. The number of thiocarbonyl (C=S) groups is 1. The number of hydrogen-bond acceptors (Lipinski definition) is 3. The van der Waals surface area contributed by atoms with Crippen LogP contribution < -0.4 is 11.1 Å². The second-order valence-corrected chi connectivity index (χ2v) is 6.60. The van der Waals surface area contributed by atoms with Crippen LogP contribution in [0.15, 0.2) is 22.7 Å². The van der Waals surface area contributed by atoms with Gasteiger partial charge in [-0.25, -0.2) is 0 Å². The molecule has 0 aliphatic carbocycles. The minimum atomic E-state index is 0.441. The van der Waals surface area contributed by atoms with Crippen molar-refractivity contribution in [1.82, 2.24) is 4.90 Å². The number of benzene rings is 1. The number of halogens is 1. The molecule has 0 spiro atoms. The molecule has 104 valence electrons. The predicted molar refractivity (Wildman–Crippen MR) is 88.8 cm³/mol. The summed E-state index contributed by atoms with van der Waals surface area (Å²) in [5.74, 6) is 0. The van der Waals surface area contributed by atoms with Crippen molar-refractivity contribution < 1.29 is 0 Å². The Labute approximate surface area is 128 Å². The number of hydrogen-bond donors (Lipinski definition) is 2. The molecular formula is C14H20BrN3S. The molecule has 3 N–H and O–H groups in total. The molecule has 1 heterocycles. The lowest BCUT2D eigenvalue weighted by Crippen LogP contribution is -2.42. The lowest BCUT2D eigenvalue weighted by molar-refractivity contribution is 0.190. The molecule has 0 radical (unpaired) electrons. The molecule has 1 fully saturated rings.